The predicted octanol–water partition coefficient (Wildman–Crippen LogP) is 1.04. The molecule has 0 unspecified atom stereocenters. The van der Waals surface area contributed by atoms with E-state index in [9.17, 15) is 8.78 Å². The van der Waals surface area contributed by atoms with Gasteiger partial charge in [-0.1, -0.05) is 6.07 Å². The molecule has 0 amide bonds. The molecule has 2 aromatic heterocycles. The van der Waals surface area contributed by atoms with Gasteiger partial charge in [0.2, 0.25) is 5.95 Å². The Morgan fingerprint density at radius 2 is 2.24 bits per heavy atom. The van der Waals surface area contributed by atoms with Gasteiger partial charge in [0.05, 0.1) is 13.1 Å². The number of pyridine rings is 1. The van der Waals surface area contributed by atoms with E-state index in [4.69, 9.17) is 5.73 Å². The lowest BCUT2D eigenvalue weighted by atomic mass is 10.3. The van der Waals surface area contributed by atoms with Crippen molar-refractivity contribution in [3.8, 4) is 0 Å². The van der Waals surface area contributed by atoms with Crippen LogP contribution in [0.3, 0.4) is 0 Å². The van der Waals surface area contributed by atoms with Crippen LogP contribution in [0.1, 0.15) is 5.56 Å². The first-order chi connectivity index (χ1) is 8.00. The van der Waals surface area contributed by atoms with Crippen molar-refractivity contribution < 1.29 is 8.78 Å². The summed E-state index contributed by atoms with van der Waals surface area (Å²) in [5, 5.41) is 6.50. The first kappa shape index (κ1) is 11.7. The summed E-state index contributed by atoms with van der Waals surface area (Å²) in [6.45, 7) is 0.642. The number of hydrogen-bond acceptors (Lipinski definition) is 4. The van der Waals surface area contributed by atoms with E-state index in [1.54, 1.807) is 12.3 Å². The van der Waals surface area contributed by atoms with Crippen molar-refractivity contribution in [2.24, 2.45) is 5.73 Å². The molecule has 0 aromatic carbocycles. The Bertz CT molecular complexity index is 522. The Hall–Kier alpha value is -1.76. The van der Waals surface area contributed by atoms with Gasteiger partial charge in [-0.15, -0.1) is 5.10 Å². The topological polar surface area (TPSA) is 68.2 Å². The molecule has 2 aromatic rings. The molecular weight excluding hydrogens is 228 g/mol. The number of anilines is 1. The summed E-state index contributed by atoms with van der Waals surface area (Å²) in [6, 6.07) is 3.65. The Morgan fingerprint density at radius 3 is 2.94 bits per heavy atom. The summed E-state index contributed by atoms with van der Waals surface area (Å²) in [5.41, 5.74) is 6.55. The standard InChI is InChI=1S/C10H13F2N5/c1-7-2-3-8-15-9(16-17(8)4-7)14-6-10(11,12)5-13/h2-4H,5-6,13H2,1H3,(H,14,16). The Morgan fingerprint density at radius 1 is 1.47 bits per heavy atom. The van der Waals surface area contributed by atoms with Crippen LogP contribution in [-0.4, -0.2) is 33.6 Å². The van der Waals surface area contributed by atoms with E-state index in [-0.39, 0.29) is 5.95 Å². The monoisotopic (exact) mass is 241 g/mol. The van der Waals surface area contributed by atoms with Gasteiger partial charge in [0.25, 0.3) is 5.92 Å². The number of aromatic nitrogens is 3. The van der Waals surface area contributed by atoms with Crippen LogP contribution < -0.4 is 11.1 Å². The van der Waals surface area contributed by atoms with E-state index in [0.29, 0.717) is 5.65 Å². The molecule has 3 N–H and O–H groups in total. The van der Waals surface area contributed by atoms with E-state index >= 15 is 0 Å². The zero-order valence-corrected chi connectivity index (χ0v) is 9.32. The van der Waals surface area contributed by atoms with Gasteiger partial charge in [-0.25, -0.2) is 13.3 Å². The molecule has 2 heterocycles. The fraction of sp³-hybridized carbons (Fsp3) is 0.400. The van der Waals surface area contributed by atoms with Crippen molar-refractivity contribution in [1.29, 1.82) is 0 Å². The third-order valence-electron chi connectivity index (χ3n) is 2.28. The minimum absolute atomic E-state index is 0.170. The number of halogens is 2. The Labute approximate surface area is 96.6 Å². The van der Waals surface area contributed by atoms with Crippen LogP contribution in [0.5, 0.6) is 0 Å². The highest BCUT2D eigenvalue weighted by molar-refractivity contribution is 5.44. The molecule has 5 nitrogen and oxygen atoms in total. The number of nitrogens with one attached hydrogen (secondary N) is 1. The van der Waals surface area contributed by atoms with Gasteiger partial charge < -0.3 is 11.1 Å². The number of fused-ring (bicyclic) bond motifs is 1. The summed E-state index contributed by atoms with van der Waals surface area (Å²) in [6.07, 6.45) is 1.77. The molecule has 0 aliphatic heterocycles. The molecule has 0 bridgehead atoms. The second-order valence-electron chi connectivity index (χ2n) is 3.86. The number of nitrogens with zero attached hydrogens (tertiary/aromatic N) is 3. The fourth-order valence-corrected chi connectivity index (χ4v) is 1.34. The highest BCUT2D eigenvalue weighted by Gasteiger charge is 2.26. The summed E-state index contributed by atoms with van der Waals surface area (Å²) < 4.78 is 27.4. The second-order valence-corrected chi connectivity index (χ2v) is 3.86. The van der Waals surface area contributed by atoms with Crippen molar-refractivity contribution >= 4 is 11.6 Å². The lowest BCUT2D eigenvalue weighted by Crippen LogP contribution is -2.35. The van der Waals surface area contributed by atoms with Crippen LogP contribution in [0.15, 0.2) is 18.3 Å². The molecular formula is C10H13F2N5. The second kappa shape index (κ2) is 4.25. The summed E-state index contributed by atoms with van der Waals surface area (Å²) in [7, 11) is 0. The van der Waals surface area contributed by atoms with Crippen molar-refractivity contribution in [3.05, 3.63) is 23.9 Å². The maximum atomic E-state index is 12.9. The molecule has 0 radical (unpaired) electrons. The van der Waals surface area contributed by atoms with E-state index in [1.165, 1.54) is 4.52 Å². The van der Waals surface area contributed by atoms with Crippen LogP contribution in [0.2, 0.25) is 0 Å². The lowest BCUT2D eigenvalue weighted by Gasteiger charge is -2.12. The van der Waals surface area contributed by atoms with Gasteiger partial charge in [-0.2, -0.15) is 4.98 Å². The van der Waals surface area contributed by atoms with E-state index in [2.05, 4.69) is 15.4 Å². The Balaban J connectivity index is 2.15. The average molecular weight is 241 g/mol. The number of hydrogen-bond donors (Lipinski definition) is 2. The lowest BCUT2D eigenvalue weighted by molar-refractivity contribution is 0.0252. The summed E-state index contributed by atoms with van der Waals surface area (Å²) in [4.78, 5) is 4.06. The van der Waals surface area contributed by atoms with Crippen molar-refractivity contribution in [1.82, 2.24) is 14.6 Å². The molecule has 2 rings (SSSR count). The number of aryl methyl sites for hydroxylation is 1. The first-order valence-corrected chi connectivity index (χ1v) is 5.15. The van der Waals surface area contributed by atoms with Crippen molar-refractivity contribution in [2.75, 3.05) is 18.4 Å². The van der Waals surface area contributed by atoms with E-state index < -0.39 is 19.0 Å². The molecule has 0 atom stereocenters. The van der Waals surface area contributed by atoms with Gasteiger partial charge >= 0.3 is 0 Å². The van der Waals surface area contributed by atoms with Crippen LogP contribution >= 0.6 is 0 Å². The minimum atomic E-state index is -2.95. The zero-order valence-electron chi connectivity index (χ0n) is 9.32. The third kappa shape index (κ3) is 2.68. The van der Waals surface area contributed by atoms with E-state index in [0.717, 1.165) is 5.56 Å². The van der Waals surface area contributed by atoms with Crippen LogP contribution in [0.25, 0.3) is 5.65 Å². The molecule has 92 valence electrons. The number of alkyl halides is 2. The fourth-order valence-electron chi connectivity index (χ4n) is 1.34. The largest absolute Gasteiger partial charge is 0.347 e. The average Bonchev–Trinajstić information content (AvgIpc) is 2.68. The van der Waals surface area contributed by atoms with Gasteiger partial charge in [0.15, 0.2) is 5.65 Å². The summed E-state index contributed by atoms with van der Waals surface area (Å²) >= 11 is 0. The molecule has 0 spiro atoms. The van der Waals surface area contributed by atoms with Crippen molar-refractivity contribution in [2.45, 2.75) is 12.8 Å². The minimum Gasteiger partial charge on any atom is -0.347 e. The SMILES string of the molecule is Cc1ccc2nc(NCC(F)(F)CN)nn2c1. The first-order valence-electron chi connectivity index (χ1n) is 5.15. The van der Waals surface area contributed by atoms with Crippen LogP contribution in [0.4, 0.5) is 14.7 Å². The van der Waals surface area contributed by atoms with Crippen molar-refractivity contribution in [3.63, 3.8) is 0 Å². The highest BCUT2D eigenvalue weighted by atomic mass is 19.3. The maximum Gasteiger partial charge on any atom is 0.277 e. The van der Waals surface area contributed by atoms with Gasteiger partial charge in [0.1, 0.15) is 0 Å². The Kier molecular flexibility index (Phi) is 2.93. The molecule has 17 heavy (non-hydrogen) atoms. The van der Waals surface area contributed by atoms with Gasteiger partial charge in [-0.05, 0) is 18.6 Å². The quantitative estimate of drug-likeness (QED) is 0.839. The molecule has 7 heteroatoms. The molecule has 0 aliphatic carbocycles. The van der Waals surface area contributed by atoms with E-state index in [1.807, 2.05) is 13.0 Å². The van der Waals surface area contributed by atoms with Gasteiger partial charge in [-0.3, -0.25) is 0 Å². The number of nitrogens with two attached hydrogens (primary N) is 1. The molecule has 0 fully saturated rings. The zero-order chi connectivity index (χ0) is 12.5. The maximum absolute atomic E-state index is 12.9. The third-order valence-corrected chi connectivity index (χ3v) is 2.28. The van der Waals surface area contributed by atoms with Gasteiger partial charge in [0, 0.05) is 6.20 Å². The normalized spacial score (nSPS) is 12.0. The summed E-state index contributed by atoms with van der Waals surface area (Å²) in [5.74, 6) is -2.78. The predicted molar refractivity (Wildman–Crippen MR) is 60.2 cm³/mol. The molecule has 0 saturated heterocycles. The molecule has 0 saturated carbocycles. The van der Waals surface area contributed by atoms with Crippen LogP contribution in [0, 0.1) is 6.92 Å². The smallest absolute Gasteiger partial charge is 0.277 e. The number of rotatable bonds is 4. The van der Waals surface area contributed by atoms with Crippen LogP contribution in [-0.2, 0) is 0 Å². The highest BCUT2D eigenvalue weighted by Crippen LogP contribution is 2.12. The molecule has 0 aliphatic rings.